The summed E-state index contributed by atoms with van der Waals surface area (Å²) >= 11 is 1.26. The zero-order chi connectivity index (χ0) is 14.5. The molecular weight excluding hydrogens is 278 g/mol. The van der Waals surface area contributed by atoms with Crippen molar-refractivity contribution in [3.05, 3.63) is 24.3 Å². The van der Waals surface area contributed by atoms with E-state index in [1.807, 2.05) is 13.8 Å². The minimum atomic E-state index is -0.0646. The van der Waals surface area contributed by atoms with Gasteiger partial charge in [0.1, 0.15) is 5.75 Å². The fraction of sp³-hybridized carbons (Fsp3) is 0.333. The predicted octanol–water partition coefficient (Wildman–Crippen LogP) is 0.985. The zero-order valence-electron chi connectivity index (χ0n) is 11.1. The highest BCUT2D eigenvalue weighted by atomic mass is 32.2. The highest BCUT2D eigenvalue weighted by Gasteiger charge is 2.11. The van der Waals surface area contributed by atoms with Crippen molar-refractivity contribution in [1.29, 1.82) is 0 Å². The van der Waals surface area contributed by atoms with Crippen molar-refractivity contribution in [3.8, 4) is 11.4 Å². The molecule has 0 bridgehead atoms. The molecule has 0 aliphatic carbocycles. The maximum atomic E-state index is 11.6. The molecule has 0 unspecified atom stereocenters. The average Bonchev–Trinajstić information content (AvgIpc) is 2.85. The number of nitrogens with one attached hydrogen (secondary N) is 1. The molecule has 1 aromatic heterocycles. The third kappa shape index (κ3) is 3.70. The molecular formula is C12H15N5O2S. The number of phenols is 1. The maximum Gasteiger partial charge on any atom is 0.230 e. The first kappa shape index (κ1) is 14.3. The highest BCUT2D eigenvalue weighted by molar-refractivity contribution is 7.99. The molecule has 0 atom stereocenters. The maximum absolute atomic E-state index is 11.6. The molecule has 1 heterocycles. The molecule has 0 saturated heterocycles. The summed E-state index contributed by atoms with van der Waals surface area (Å²) in [6.07, 6.45) is 0. The van der Waals surface area contributed by atoms with Gasteiger partial charge in [0, 0.05) is 6.04 Å². The second kappa shape index (κ2) is 6.38. The van der Waals surface area contributed by atoms with Crippen LogP contribution in [-0.2, 0) is 4.79 Å². The Kier molecular flexibility index (Phi) is 4.57. The van der Waals surface area contributed by atoms with Gasteiger partial charge in [0.25, 0.3) is 0 Å². The van der Waals surface area contributed by atoms with E-state index in [0.29, 0.717) is 5.16 Å². The molecule has 0 aliphatic heterocycles. The number of nitrogens with zero attached hydrogens (tertiary/aromatic N) is 4. The largest absolute Gasteiger partial charge is 0.508 e. The van der Waals surface area contributed by atoms with Gasteiger partial charge in [-0.3, -0.25) is 4.79 Å². The SMILES string of the molecule is CC(C)NC(=O)CSc1nnnn1-c1ccc(O)cc1. The van der Waals surface area contributed by atoms with Gasteiger partial charge < -0.3 is 10.4 Å². The van der Waals surface area contributed by atoms with Crippen molar-refractivity contribution in [2.45, 2.75) is 25.0 Å². The van der Waals surface area contributed by atoms with Crippen LogP contribution in [0.5, 0.6) is 5.75 Å². The minimum absolute atomic E-state index is 0.0646. The molecule has 0 spiro atoms. The van der Waals surface area contributed by atoms with Crippen molar-refractivity contribution in [3.63, 3.8) is 0 Å². The first-order valence-corrected chi connectivity index (χ1v) is 7.05. The molecule has 0 aliphatic rings. The normalized spacial score (nSPS) is 10.8. The number of amides is 1. The lowest BCUT2D eigenvalue weighted by molar-refractivity contribution is -0.119. The number of thioether (sulfide) groups is 1. The molecule has 0 radical (unpaired) electrons. The van der Waals surface area contributed by atoms with Crippen molar-refractivity contribution in [2.75, 3.05) is 5.75 Å². The molecule has 1 amide bonds. The fourth-order valence-electron chi connectivity index (χ4n) is 1.52. The van der Waals surface area contributed by atoms with E-state index < -0.39 is 0 Å². The molecule has 8 heteroatoms. The van der Waals surface area contributed by atoms with Crippen molar-refractivity contribution < 1.29 is 9.90 Å². The smallest absolute Gasteiger partial charge is 0.230 e. The van der Waals surface area contributed by atoms with Crippen LogP contribution < -0.4 is 5.32 Å². The minimum Gasteiger partial charge on any atom is -0.508 e. The van der Waals surface area contributed by atoms with Crippen LogP contribution in [0.25, 0.3) is 5.69 Å². The van der Waals surface area contributed by atoms with Gasteiger partial charge in [-0.25, -0.2) is 0 Å². The number of carbonyl (C=O) groups is 1. The second-order valence-electron chi connectivity index (χ2n) is 4.40. The van der Waals surface area contributed by atoms with Crippen LogP contribution in [0.3, 0.4) is 0 Å². The summed E-state index contributed by atoms with van der Waals surface area (Å²) in [5.41, 5.74) is 0.722. The highest BCUT2D eigenvalue weighted by Crippen LogP contribution is 2.19. The van der Waals surface area contributed by atoms with Crippen LogP contribution in [0.15, 0.2) is 29.4 Å². The Morgan fingerprint density at radius 1 is 1.40 bits per heavy atom. The number of hydrogen-bond donors (Lipinski definition) is 2. The molecule has 2 rings (SSSR count). The summed E-state index contributed by atoms with van der Waals surface area (Å²) in [7, 11) is 0. The summed E-state index contributed by atoms with van der Waals surface area (Å²) in [6.45, 7) is 3.81. The van der Waals surface area contributed by atoms with Crippen LogP contribution >= 0.6 is 11.8 Å². The van der Waals surface area contributed by atoms with Gasteiger partial charge in [-0.15, -0.1) is 5.10 Å². The van der Waals surface area contributed by atoms with Gasteiger partial charge in [0.2, 0.25) is 11.1 Å². The third-order valence-corrected chi connectivity index (χ3v) is 3.24. The van der Waals surface area contributed by atoms with Crippen LogP contribution in [0.4, 0.5) is 0 Å². The summed E-state index contributed by atoms with van der Waals surface area (Å²) in [5.74, 6) is 0.356. The van der Waals surface area contributed by atoms with E-state index in [1.54, 1.807) is 24.3 Å². The van der Waals surface area contributed by atoms with Crippen LogP contribution in [0.1, 0.15) is 13.8 Å². The van der Waals surface area contributed by atoms with Gasteiger partial charge in [-0.1, -0.05) is 11.8 Å². The van der Waals surface area contributed by atoms with E-state index in [-0.39, 0.29) is 23.5 Å². The number of benzene rings is 1. The molecule has 0 saturated carbocycles. The molecule has 0 fully saturated rings. The molecule has 20 heavy (non-hydrogen) atoms. The Hall–Kier alpha value is -2.09. The quantitative estimate of drug-likeness (QED) is 0.798. The Bertz CT molecular complexity index is 582. The number of rotatable bonds is 5. The number of aromatic nitrogens is 4. The van der Waals surface area contributed by atoms with E-state index in [2.05, 4.69) is 20.8 Å². The van der Waals surface area contributed by atoms with Crippen molar-refractivity contribution in [1.82, 2.24) is 25.5 Å². The second-order valence-corrected chi connectivity index (χ2v) is 5.34. The molecule has 1 aromatic carbocycles. The van der Waals surface area contributed by atoms with Crippen LogP contribution in [-0.4, -0.2) is 43.0 Å². The Balaban J connectivity index is 2.05. The summed E-state index contributed by atoms with van der Waals surface area (Å²) in [5, 5.41) is 24.0. The van der Waals surface area contributed by atoms with Gasteiger partial charge >= 0.3 is 0 Å². The van der Waals surface area contributed by atoms with Gasteiger partial charge in [-0.2, -0.15) is 4.68 Å². The predicted molar refractivity (Wildman–Crippen MR) is 74.8 cm³/mol. The number of hydrogen-bond acceptors (Lipinski definition) is 6. The Morgan fingerprint density at radius 2 is 2.10 bits per heavy atom. The zero-order valence-corrected chi connectivity index (χ0v) is 12.0. The number of carbonyl (C=O) groups excluding carboxylic acids is 1. The van der Waals surface area contributed by atoms with Crippen LogP contribution in [0, 0.1) is 0 Å². The average molecular weight is 293 g/mol. The Morgan fingerprint density at radius 3 is 2.75 bits per heavy atom. The molecule has 2 N–H and O–H groups in total. The summed E-state index contributed by atoms with van der Waals surface area (Å²) in [4.78, 5) is 11.6. The van der Waals surface area contributed by atoms with Gasteiger partial charge in [-0.05, 0) is 48.5 Å². The van der Waals surface area contributed by atoms with E-state index in [0.717, 1.165) is 5.69 Å². The molecule has 2 aromatic rings. The van der Waals surface area contributed by atoms with Gasteiger partial charge in [0.05, 0.1) is 11.4 Å². The topological polar surface area (TPSA) is 92.9 Å². The number of aromatic hydroxyl groups is 1. The molecule has 7 nitrogen and oxygen atoms in total. The van der Waals surface area contributed by atoms with Gasteiger partial charge in [0.15, 0.2) is 0 Å². The lowest BCUT2D eigenvalue weighted by Gasteiger charge is -2.07. The Labute approximate surface area is 120 Å². The van der Waals surface area contributed by atoms with Crippen molar-refractivity contribution in [2.24, 2.45) is 0 Å². The fourth-order valence-corrected chi connectivity index (χ4v) is 2.22. The standard InChI is InChI=1S/C12H15N5O2S/c1-8(2)13-11(19)7-20-12-14-15-16-17(12)9-3-5-10(18)6-4-9/h3-6,8,18H,7H2,1-2H3,(H,13,19). The lowest BCUT2D eigenvalue weighted by atomic mass is 10.3. The van der Waals surface area contributed by atoms with Crippen LogP contribution in [0.2, 0.25) is 0 Å². The third-order valence-electron chi connectivity index (χ3n) is 2.32. The van der Waals surface area contributed by atoms with Crippen molar-refractivity contribution >= 4 is 17.7 Å². The summed E-state index contributed by atoms with van der Waals surface area (Å²) in [6, 6.07) is 6.61. The summed E-state index contributed by atoms with van der Waals surface area (Å²) < 4.78 is 1.52. The first-order valence-electron chi connectivity index (χ1n) is 6.06. The number of tetrazole rings is 1. The monoisotopic (exact) mass is 293 g/mol. The van der Waals surface area contributed by atoms with E-state index in [4.69, 9.17) is 0 Å². The van der Waals surface area contributed by atoms with E-state index in [9.17, 15) is 9.90 Å². The first-order chi connectivity index (χ1) is 9.56. The van der Waals surface area contributed by atoms with E-state index in [1.165, 1.54) is 16.4 Å². The molecule has 106 valence electrons. The van der Waals surface area contributed by atoms with E-state index >= 15 is 0 Å². The number of phenolic OH excluding ortho intramolecular Hbond substituents is 1. The lowest BCUT2D eigenvalue weighted by Crippen LogP contribution is -2.31.